The molecule has 27 heavy (non-hydrogen) atoms. The fourth-order valence-electron chi connectivity index (χ4n) is 3.91. The maximum atomic E-state index is 13.2. The third-order valence-electron chi connectivity index (χ3n) is 5.14. The molecule has 1 spiro atoms. The van der Waals surface area contributed by atoms with Gasteiger partial charge in [-0.05, 0) is 42.5 Å². The number of imide groups is 1. The molecule has 3 heterocycles. The molecule has 1 aliphatic carbocycles. The number of nitrogens with zero attached hydrogens (tertiary/aromatic N) is 3. The molecule has 136 valence electrons. The lowest BCUT2D eigenvalue weighted by atomic mass is 9.76. The maximum Gasteiger partial charge on any atom is 0.325 e. The fraction of sp³-hybridized carbons (Fsp3) is 0.263. The van der Waals surface area contributed by atoms with E-state index in [-0.39, 0.29) is 24.2 Å². The van der Waals surface area contributed by atoms with Crippen molar-refractivity contribution < 1.29 is 18.4 Å². The number of carbonyl (C=O) groups excluding carboxylic acids is 2. The molecular weight excluding hydrogens is 348 g/mol. The second-order valence-corrected chi connectivity index (χ2v) is 6.72. The van der Waals surface area contributed by atoms with E-state index in [9.17, 15) is 9.59 Å². The van der Waals surface area contributed by atoms with Crippen LogP contribution in [0.2, 0.25) is 0 Å². The zero-order valence-electron chi connectivity index (χ0n) is 14.3. The Kier molecular flexibility index (Phi) is 3.40. The average molecular weight is 364 g/mol. The second-order valence-electron chi connectivity index (χ2n) is 6.72. The average Bonchev–Trinajstić information content (AvgIpc) is 3.40. The highest BCUT2D eigenvalue weighted by Gasteiger charge is 2.54. The van der Waals surface area contributed by atoms with E-state index in [4.69, 9.17) is 8.83 Å². The van der Waals surface area contributed by atoms with E-state index in [1.54, 1.807) is 12.1 Å². The summed E-state index contributed by atoms with van der Waals surface area (Å²) in [5, 5.41) is 10.8. The number of carbonyl (C=O) groups is 2. The van der Waals surface area contributed by atoms with Crippen LogP contribution in [0.5, 0.6) is 0 Å². The molecule has 0 radical (unpaired) electrons. The Morgan fingerprint density at radius 1 is 1.15 bits per heavy atom. The number of aromatic nitrogens is 2. The van der Waals surface area contributed by atoms with E-state index in [1.807, 2.05) is 24.3 Å². The number of benzene rings is 1. The zero-order valence-corrected chi connectivity index (χ0v) is 14.3. The molecule has 0 bridgehead atoms. The standard InChI is InChI=1S/C19H16N4O4/c24-17-19(9-3-6-12-5-1-2-7-13(12)19)20-18(25)23(17)11-15-21-22-16(27-15)14-8-4-10-26-14/h1-2,4-5,7-8,10H,3,6,9,11H2,(H,20,25). The van der Waals surface area contributed by atoms with E-state index in [1.165, 1.54) is 6.26 Å². The Morgan fingerprint density at radius 2 is 2.04 bits per heavy atom. The second kappa shape index (κ2) is 5.80. The largest absolute Gasteiger partial charge is 0.459 e. The van der Waals surface area contributed by atoms with Gasteiger partial charge in [-0.25, -0.2) is 4.79 Å². The summed E-state index contributed by atoms with van der Waals surface area (Å²) >= 11 is 0. The Labute approximate surface area is 154 Å². The molecule has 5 rings (SSSR count). The number of rotatable bonds is 3. The van der Waals surface area contributed by atoms with Crippen molar-refractivity contribution in [2.45, 2.75) is 31.3 Å². The van der Waals surface area contributed by atoms with E-state index in [0.29, 0.717) is 12.2 Å². The normalized spacial score (nSPS) is 21.6. The highest BCUT2D eigenvalue weighted by atomic mass is 16.4. The first-order valence-electron chi connectivity index (χ1n) is 8.76. The van der Waals surface area contributed by atoms with Crippen LogP contribution in [-0.2, 0) is 23.3 Å². The van der Waals surface area contributed by atoms with Gasteiger partial charge in [-0.1, -0.05) is 24.3 Å². The summed E-state index contributed by atoms with van der Waals surface area (Å²) in [5.74, 6) is 0.534. The van der Waals surface area contributed by atoms with Gasteiger partial charge in [0.05, 0.1) is 6.26 Å². The molecule has 2 aliphatic rings. The van der Waals surface area contributed by atoms with Gasteiger partial charge in [0.1, 0.15) is 12.1 Å². The van der Waals surface area contributed by atoms with Gasteiger partial charge in [0.25, 0.3) is 11.8 Å². The van der Waals surface area contributed by atoms with Crippen LogP contribution in [-0.4, -0.2) is 27.0 Å². The summed E-state index contributed by atoms with van der Waals surface area (Å²) in [6, 6.07) is 10.7. The highest BCUT2D eigenvalue weighted by molar-refractivity contribution is 6.07. The van der Waals surface area contributed by atoms with Crippen molar-refractivity contribution >= 4 is 11.9 Å². The van der Waals surface area contributed by atoms with Crippen molar-refractivity contribution in [3.05, 3.63) is 59.7 Å². The fourth-order valence-corrected chi connectivity index (χ4v) is 3.91. The quantitative estimate of drug-likeness (QED) is 0.717. The lowest BCUT2D eigenvalue weighted by Gasteiger charge is -2.33. The van der Waals surface area contributed by atoms with Crippen molar-refractivity contribution in [2.75, 3.05) is 0 Å². The first-order chi connectivity index (χ1) is 13.2. The molecule has 1 aromatic carbocycles. The first kappa shape index (κ1) is 15.8. The van der Waals surface area contributed by atoms with Gasteiger partial charge in [-0.2, -0.15) is 0 Å². The Balaban J connectivity index is 1.44. The molecule has 8 nitrogen and oxygen atoms in total. The summed E-state index contributed by atoms with van der Waals surface area (Å²) in [6.45, 7) is -0.0811. The van der Waals surface area contributed by atoms with Crippen LogP contribution in [0.25, 0.3) is 11.7 Å². The van der Waals surface area contributed by atoms with E-state index < -0.39 is 11.6 Å². The van der Waals surface area contributed by atoms with Crippen molar-refractivity contribution in [3.8, 4) is 11.7 Å². The number of hydrogen-bond donors (Lipinski definition) is 1. The minimum atomic E-state index is -1.00. The maximum absolute atomic E-state index is 13.2. The first-order valence-corrected chi connectivity index (χ1v) is 8.76. The molecular formula is C19H16N4O4. The number of urea groups is 1. The van der Waals surface area contributed by atoms with Gasteiger partial charge >= 0.3 is 6.03 Å². The summed E-state index contributed by atoms with van der Waals surface area (Å²) < 4.78 is 10.8. The zero-order chi connectivity index (χ0) is 18.4. The predicted molar refractivity (Wildman–Crippen MR) is 92.1 cm³/mol. The Bertz CT molecular complexity index is 1030. The van der Waals surface area contributed by atoms with Gasteiger partial charge < -0.3 is 14.2 Å². The predicted octanol–water partition coefficient (Wildman–Crippen LogP) is 2.61. The van der Waals surface area contributed by atoms with Crippen LogP contribution in [0.15, 0.2) is 51.5 Å². The van der Waals surface area contributed by atoms with Crippen LogP contribution < -0.4 is 5.32 Å². The number of furan rings is 1. The highest BCUT2D eigenvalue weighted by Crippen LogP contribution is 2.40. The molecule has 1 unspecified atom stereocenters. The third-order valence-corrected chi connectivity index (χ3v) is 5.14. The SMILES string of the molecule is O=C1NC2(CCCc3ccccc32)C(=O)N1Cc1nnc(-c2ccco2)o1. The van der Waals surface area contributed by atoms with Crippen molar-refractivity contribution in [3.63, 3.8) is 0 Å². The molecule has 1 N–H and O–H groups in total. The van der Waals surface area contributed by atoms with E-state index >= 15 is 0 Å². The molecule has 2 aromatic heterocycles. The van der Waals surface area contributed by atoms with Gasteiger partial charge in [0.2, 0.25) is 5.89 Å². The molecule has 3 amide bonds. The van der Waals surface area contributed by atoms with Gasteiger partial charge in [0, 0.05) is 0 Å². The van der Waals surface area contributed by atoms with Crippen molar-refractivity contribution in [1.29, 1.82) is 0 Å². The smallest absolute Gasteiger partial charge is 0.325 e. The number of amides is 3. The van der Waals surface area contributed by atoms with Gasteiger partial charge in [-0.3, -0.25) is 9.69 Å². The number of nitrogens with one attached hydrogen (secondary N) is 1. The lowest BCUT2D eigenvalue weighted by Crippen LogP contribution is -2.46. The minimum Gasteiger partial charge on any atom is -0.459 e. The molecule has 1 atom stereocenters. The summed E-state index contributed by atoms with van der Waals surface area (Å²) in [5.41, 5.74) is 0.964. The molecule has 1 saturated heterocycles. The summed E-state index contributed by atoms with van der Waals surface area (Å²) in [6.07, 6.45) is 3.81. The van der Waals surface area contributed by atoms with Gasteiger partial charge in [-0.15, -0.1) is 10.2 Å². The molecule has 1 aliphatic heterocycles. The number of hydrogen-bond acceptors (Lipinski definition) is 6. The third kappa shape index (κ3) is 2.37. The van der Waals surface area contributed by atoms with Crippen LogP contribution >= 0.6 is 0 Å². The van der Waals surface area contributed by atoms with Crippen molar-refractivity contribution in [1.82, 2.24) is 20.4 Å². The minimum absolute atomic E-state index is 0.0811. The molecule has 1 fully saturated rings. The van der Waals surface area contributed by atoms with Crippen LogP contribution in [0.4, 0.5) is 4.79 Å². The van der Waals surface area contributed by atoms with Crippen LogP contribution in [0, 0.1) is 0 Å². The van der Waals surface area contributed by atoms with E-state index in [2.05, 4.69) is 15.5 Å². The molecule has 8 heteroatoms. The number of aryl methyl sites for hydroxylation is 1. The van der Waals surface area contributed by atoms with Crippen LogP contribution in [0.3, 0.4) is 0 Å². The van der Waals surface area contributed by atoms with Gasteiger partial charge in [0.15, 0.2) is 5.76 Å². The van der Waals surface area contributed by atoms with Crippen LogP contribution in [0.1, 0.15) is 29.9 Å². The molecule has 0 saturated carbocycles. The van der Waals surface area contributed by atoms with E-state index in [0.717, 1.165) is 28.9 Å². The Hall–Kier alpha value is -3.42. The van der Waals surface area contributed by atoms with Crippen molar-refractivity contribution in [2.24, 2.45) is 0 Å². The topological polar surface area (TPSA) is 101 Å². The lowest BCUT2D eigenvalue weighted by molar-refractivity contribution is -0.132. The summed E-state index contributed by atoms with van der Waals surface area (Å²) in [7, 11) is 0. The monoisotopic (exact) mass is 364 g/mol. The molecule has 3 aromatic rings. The Morgan fingerprint density at radius 3 is 2.89 bits per heavy atom. The summed E-state index contributed by atoms with van der Waals surface area (Å²) in [4.78, 5) is 27.0. The number of fused-ring (bicyclic) bond motifs is 2.